The molecule has 1 aromatic carbocycles. The van der Waals surface area contributed by atoms with Crippen LogP contribution in [0.4, 0.5) is 0 Å². The first-order chi connectivity index (χ1) is 13.2. The van der Waals surface area contributed by atoms with Crippen LogP contribution in [0.2, 0.25) is 0 Å². The lowest BCUT2D eigenvalue weighted by Crippen LogP contribution is -2.31. The van der Waals surface area contributed by atoms with Crippen LogP contribution in [0.5, 0.6) is 0 Å². The van der Waals surface area contributed by atoms with Crippen molar-refractivity contribution < 1.29 is 9.53 Å². The first kappa shape index (κ1) is 20.3. The van der Waals surface area contributed by atoms with Crippen LogP contribution in [0.3, 0.4) is 0 Å². The second-order valence-corrected chi connectivity index (χ2v) is 8.50. The van der Waals surface area contributed by atoms with E-state index < -0.39 is 12.0 Å². The maximum Gasteiger partial charge on any atom is 0.329 e. The number of thiophene rings is 1. The van der Waals surface area contributed by atoms with Gasteiger partial charge in [0, 0.05) is 10.4 Å². The van der Waals surface area contributed by atoms with Crippen molar-refractivity contribution >= 4 is 27.5 Å². The number of ether oxygens (including phenoxy) is 1. The Kier molecular flexibility index (Phi) is 5.70. The van der Waals surface area contributed by atoms with Gasteiger partial charge in [-0.1, -0.05) is 25.1 Å². The van der Waals surface area contributed by atoms with Crippen LogP contribution >= 0.6 is 11.3 Å². The summed E-state index contributed by atoms with van der Waals surface area (Å²) in [6.07, 6.45) is 2.00. The number of nitrogens with zero attached hydrogens (tertiary/aromatic N) is 2. The van der Waals surface area contributed by atoms with Crippen molar-refractivity contribution in [2.24, 2.45) is 0 Å². The third-order valence-corrected chi connectivity index (χ3v) is 6.27. The summed E-state index contributed by atoms with van der Waals surface area (Å²) in [6, 6.07) is 5.47. The summed E-state index contributed by atoms with van der Waals surface area (Å²) in [5, 5.41) is 0.566. The Morgan fingerprint density at radius 1 is 1.21 bits per heavy atom. The van der Waals surface area contributed by atoms with Crippen LogP contribution in [-0.2, 0) is 9.53 Å². The molecule has 0 bridgehead atoms. The molecule has 2 aromatic heterocycles. The number of carbonyl (C=O) groups excluding carboxylic acids is 1. The lowest BCUT2D eigenvalue weighted by Gasteiger charge is -2.17. The molecule has 0 N–H and O–H groups in total. The van der Waals surface area contributed by atoms with Crippen LogP contribution in [0.25, 0.3) is 21.3 Å². The minimum Gasteiger partial charge on any atom is -0.461 e. The zero-order valence-corrected chi connectivity index (χ0v) is 18.0. The molecule has 0 saturated heterocycles. The van der Waals surface area contributed by atoms with Gasteiger partial charge in [0.1, 0.15) is 10.9 Å². The number of aryl methyl sites for hydroxylation is 3. The van der Waals surface area contributed by atoms with Crippen molar-refractivity contribution in [3.63, 3.8) is 0 Å². The van der Waals surface area contributed by atoms with E-state index in [1.54, 1.807) is 6.92 Å². The topological polar surface area (TPSA) is 61.2 Å². The summed E-state index contributed by atoms with van der Waals surface area (Å²) in [4.78, 5) is 31.9. The summed E-state index contributed by atoms with van der Waals surface area (Å²) < 4.78 is 6.79. The van der Waals surface area contributed by atoms with Gasteiger partial charge in [-0.15, -0.1) is 11.3 Å². The zero-order chi connectivity index (χ0) is 20.6. The monoisotopic (exact) mass is 398 g/mol. The van der Waals surface area contributed by atoms with E-state index >= 15 is 0 Å². The summed E-state index contributed by atoms with van der Waals surface area (Å²) in [5.41, 5.74) is 4.07. The summed E-state index contributed by atoms with van der Waals surface area (Å²) in [5.74, 6) is -0.419. The number of hydrogen-bond acceptors (Lipinski definition) is 5. The van der Waals surface area contributed by atoms with Gasteiger partial charge in [-0.05, 0) is 57.7 Å². The van der Waals surface area contributed by atoms with Gasteiger partial charge in [-0.2, -0.15) is 0 Å². The minimum atomic E-state index is -0.730. The molecule has 2 unspecified atom stereocenters. The predicted octanol–water partition coefficient (Wildman–Crippen LogP) is 4.95. The first-order valence-corrected chi connectivity index (χ1v) is 10.3. The number of hydrogen-bond donors (Lipinski definition) is 0. The second kappa shape index (κ2) is 7.87. The molecule has 0 aliphatic rings. The molecule has 0 saturated carbocycles. The molecule has 6 heteroatoms. The highest BCUT2D eigenvalue weighted by Crippen LogP contribution is 2.36. The highest BCUT2D eigenvalue weighted by molar-refractivity contribution is 7.19. The third-order valence-electron chi connectivity index (χ3n) is 5.26. The van der Waals surface area contributed by atoms with E-state index in [0.717, 1.165) is 22.4 Å². The van der Waals surface area contributed by atoms with E-state index in [1.165, 1.54) is 33.4 Å². The van der Waals surface area contributed by atoms with Gasteiger partial charge in [0.2, 0.25) is 0 Å². The molecule has 0 aliphatic carbocycles. The van der Waals surface area contributed by atoms with Crippen molar-refractivity contribution in [2.75, 3.05) is 0 Å². The van der Waals surface area contributed by atoms with E-state index in [9.17, 15) is 9.59 Å². The quantitative estimate of drug-likeness (QED) is 0.570. The Hall–Kier alpha value is -2.47. The highest BCUT2D eigenvalue weighted by Gasteiger charge is 2.23. The van der Waals surface area contributed by atoms with Gasteiger partial charge in [-0.25, -0.2) is 9.78 Å². The van der Waals surface area contributed by atoms with Crippen molar-refractivity contribution in [1.29, 1.82) is 0 Å². The maximum absolute atomic E-state index is 13.3. The van der Waals surface area contributed by atoms with Crippen LogP contribution in [-0.4, -0.2) is 21.6 Å². The number of benzene rings is 1. The van der Waals surface area contributed by atoms with Crippen LogP contribution < -0.4 is 5.56 Å². The van der Waals surface area contributed by atoms with Gasteiger partial charge in [-0.3, -0.25) is 9.36 Å². The van der Waals surface area contributed by atoms with E-state index in [2.05, 4.69) is 31.0 Å². The Labute approximate surface area is 169 Å². The molecule has 3 rings (SSSR count). The average Bonchev–Trinajstić information content (AvgIpc) is 3.00. The fraction of sp³-hybridized carbons (Fsp3) is 0.409. The number of aromatic nitrogens is 2. The van der Waals surface area contributed by atoms with Gasteiger partial charge >= 0.3 is 5.97 Å². The first-order valence-electron chi connectivity index (χ1n) is 9.52. The summed E-state index contributed by atoms with van der Waals surface area (Å²) in [7, 11) is 0. The Morgan fingerprint density at radius 3 is 2.57 bits per heavy atom. The molecule has 0 amide bonds. The molecule has 0 spiro atoms. The van der Waals surface area contributed by atoms with Crippen molar-refractivity contribution in [3.05, 3.63) is 50.9 Å². The van der Waals surface area contributed by atoms with Gasteiger partial charge in [0.25, 0.3) is 5.56 Å². The Bertz CT molecular complexity index is 1100. The number of esters is 1. The molecule has 28 heavy (non-hydrogen) atoms. The maximum atomic E-state index is 13.3. The van der Waals surface area contributed by atoms with Crippen LogP contribution in [0.15, 0.2) is 29.3 Å². The van der Waals surface area contributed by atoms with E-state index in [4.69, 9.17) is 4.74 Å². The zero-order valence-electron chi connectivity index (χ0n) is 17.2. The summed E-state index contributed by atoms with van der Waals surface area (Å²) >= 11 is 1.50. The normalized spacial score (nSPS) is 13.5. The highest BCUT2D eigenvalue weighted by atomic mass is 32.1. The molecular formula is C22H26N2O3S. The van der Waals surface area contributed by atoms with E-state index in [-0.39, 0.29) is 11.7 Å². The molecule has 0 aliphatic heterocycles. The SMILES string of the molecule is CCC(C)OC(=O)C(C)n1cnc2sc(C)c(-c3ccc(C)c(C)c3)c2c1=O. The van der Waals surface area contributed by atoms with Gasteiger partial charge in [0.15, 0.2) is 0 Å². The fourth-order valence-electron chi connectivity index (χ4n) is 3.13. The molecule has 0 radical (unpaired) electrons. The van der Waals surface area contributed by atoms with Gasteiger partial charge in [0.05, 0.1) is 17.8 Å². The second-order valence-electron chi connectivity index (χ2n) is 7.30. The van der Waals surface area contributed by atoms with Crippen molar-refractivity contribution in [1.82, 2.24) is 9.55 Å². The van der Waals surface area contributed by atoms with Gasteiger partial charge < -0.3 is 4.74 Å². The smallest absolute Gasteiger partial charge is 0.329 e. The fourth-order valence-corrected chi connectivity index (χ4v) is 4.13. The number of fused-ring (bicyclic) bond motifs is 1. The Balaban J connectivity index is 2.14. The van der Waals surface area contributed by atoms with Crippen LogP contribution in [0.1, 0.15) is 49.2 Å². The van der Waals surface area contributed by atoms with E-state index in [0.29, 0.717) is 10.2 Å². The molecule has 0 fully saturated rings. The van der Waals surface area contributed by atoms with Crippen LogP contribution in [0, 0.1) is 20.8 Å². The standard InChI is InChI=1S/C22H26N2O3S/c1-7-14(4)27-22(26)15(5)24-11-23-20-19(21(24)25)18(16(6)28-20)17-9-8-12(2)13(3)10-17/h8-11,14-15H,7H2,1-6H3. The Morgan fingerprint density at radius 2 is 1.93 bits per heavy atom. The van der Waals surface area contributed by atoms with E-state index in [1.807, 2.05) is 26.8 Å². The molecule has 2 atom stereocenters. The molecule has 148 valence electrons. The van der Waals surface area contributed by atoms with Crippen molar-refractivity contribution in [2.45, 2.75) is 60.1 Å². The minimum absolute atomic E-state index is 0.183. The molecule has 2 heterocycles. The third kappa shape index (κ3) is 3.61. The summed E-state index contributed by atoms with van der Waals surface area (Å²) in [6.45, 7) is 11.6. The molecule has 3 aromatic rings. The lowest BCUT2D eigenvalue weighted by molar-refractivity contribution is -0.152. The largest absolute Gasteiger partial charge is 0.461 e. The number of rotatable bonds is 5. The lowest BCUT2D eigenvalue weighted by atomic mass is 9.99. The van der Waals surface area contributed by atoms with Crippen molar-refractivity contribution in [3.8, 4) is 11.1 Å². The molecule has 5 nitrogen and oxygen atoms in total. The number of carbonyl (C=O) groups is 1. The average molecular weight is 399 g/mol. The molecular weight excluding hydrogens is 372 g/mol. The predicted molar refractivity (Wildman–Crippen MR) is 114 cm³/mol.